The largest absolute Gasteiger partial charge is 0.457 e. The van der Waals surface area contributed by atoms with Crippen molar-refractivity contribution in [1.29, 1.82) is 0 Å². The van der Waals surface area contributed by atoms with E-state index in [4.69, 9.17) is 4.74 Å². The van der Waals surface area contributed by atoms with Crippen LogP contribution in [0.2, 0.25) is 0 Å². The van der Waals surface area contributed by atoms with Gasteiger partial charge in [0, 0.05) is 28.7 Å². The minimum Gasteiger partial charge on any atom is -0.457 e. The van der Waals surface area contributed by atoms with E-state index >= 15 is 0 Å². The molecule has 21 heavy (non-hydrogen) atoms. The summed E-state index contributed by atoms with van der Waals surface area (Å²) in [6.07, 6.45) is 0. The Morgan fingerprint density at radius 1 is 1.19 bits per heavy atom. The number of hydrogen-bond donors (Lipinski definition) is 1. The first-order chi connectivity index (χ1) is 9.95. The van der Waals surface area contributed by atoms with Gasteiger partial charge < -0.3 is 10.1 Å². The third kappa shape index (κ3) is 4.55. The van der Waals surface area contributed by atoms with Gasteiger partial charge in [0.05, 0.1) is 0 Å². The van der Waals surface area contributed by atoms with Gasteiger partial charge in [-0.15, -0.1) is 0 Å². The van der Waals surface area contributed by atoms with E-state index in [9.17, 15) is 4.39 Å². The van der Waals surface area contributed by atoms with E-state index in [0.29, 0.717) is 23.9 Å². The molecule has 0 aliphatic carbocycles. The highest BCUT2D eigenvalue weighted by Gasteiger charge is 2.08. The molecule has 0 saturated heterocycles. The van der Waals surface area contributed by atoms with Gasteiger partial charge in [-0.1, -0.05) is 35.8 Å². The Morgan fingerprint density at radius 3 is 2.62 bits per heavy atom. The Balaban J connectivity index is 2.23. The molecule has 4 heteroatoms. The molecule has 0 aliphatic rings. The predicted octanol–water partition coefficient (Wildman–Crippen LogP) is 5.19. The molecule has 0 aromatic heterocycles. The first-order valence-corrected chi connectivity index (χ1v) is 7.71. The van der Waals surface area contributed by atoms with Crippen molar-refractivity contribution in [3.8, 4) is 11.5 Å². The molecule has 0 aliphatic heterocycles. The van der Waals surface area contributed by atoms with Crippen LogP contribution in [0.25, 0.3) is 0 Å². The molecule has 0 unspecified atom stereocenters. The number of rotatable bonds is 5. The molecule has 0 radical (unpaired) electrons. The summed E-state index contributed by atoms with van der Waals surface area (Å²) < 4.78 is 20.4. The summed E-state index contributed by atoms with van der Waals surface area (Å²) in [6.45, 7) is 6.61. The maximum atomic E-state index is 13.6. The van der Waals surface area contributed by atoms with Gasteiger partial charge in [-0.05, 0) is 36.8 Å². The number of benzene rings is 2. The van der Waals surface area contributed by atoms with Gasteiger partial charge in [0.1, 0.15) is 17.3 Å². The van der Waals surface area contributed by atoms with Crippen LogP contribution < -0.4 is 10.1 Å². The molecular weight excluding hydrogens is 333 g/mol. The van der Waals surface area contributed by atoms with Crippen LogP contribution in [-0.2, 0) is 6.54 Å². The third-order valence-corrected chi connectivity index (χ3v) is 3.59. The molecule has 0 spiro atoms. The molecule has 0 amide bonds. The van der Waals surface area contributed by atoms with Crippen molar-refractivity contribution >= 4 is 15.9 Å². The number of hydrogen-bond acceptors (Lipinski definition) is 2. The molecule has 1 N–H and O–H groups in total. The van der Waals surface area contributed by atoms with E-state index in [0.717, 1.165) is 15.8 Å². The maximum Gasteiger partial charge on any atom is 0.131 e. The third-order valence-electron chi connectivity index (χ3n) is 3.09. The Bertz CT molecular complexity index is 628. The van der Waals surface area contributed by atoms with Crippen LogP contribution in [0.4, 0.5) is 4.39 Å². The van der Waals surface area contributed by atoms with E-state index in [1.165, 1.54) is 6.07 Å². The molecule has 0 heterocycles. The number of ether oxygens (including phenoxy) is 1. The molecule has 2 nitrogen and oxygen atoms in total. The lowest BCUT2D eigenvalue weighted by atomic mass is 10.2. The Kier molecular flexibility index (Phi) is 5.37. The molecule has 2 aromatic rings. The van der Waals surface area contributed by atoms with Crippen LogP contribution in [0.1, 0.15) is 25.0 Å². The van der Waals surface area contributed by atoms with Crippen molar-refractivity contribution in [2.45, 2.75) is 33.4 Å². The van der Waals surface area contributed by atoms with Gasteiger partial charge in [-0.3, -0.25) is 0 Å². The summed E-state index contributed by atoms with van der Waals surface area (Å²) in [5.74, 6) is 0.979. The van der Waals surface area contributed by atoms with E-state index in [2.05, 4.69) is 35.1 Å². The fourth-order valence-electron chi connectivity index (χ4n) is 1.86. The van der Waals surface area contributed by atoms with E-state index in [1.807, 2.05) is 18.2 Å². The van der Waals surface area contributed by atoms with Crippen molar-refractivity contribution in [3.05, 3.63) is 57.8 Å². The normalized spacial score (nSPS) is 11.0. The van der Waals surface area contributed by atoms with E-state index < -0.39 is 0 Å². The Labute approximate surface area is 133 Å². The quantitative estimate of drug-likeness (QED) is 0.800. The van der Waals surface area contributed by atoms with Crippen LogP contribution in [0.15, 0.2) is 40.9 Å². The summed E-state index contributed by atoms with van der Waals surface area (Å²) >= 11 is 3.47. The van der Waals surface area contributed by atoms with Gasteiger partial charge in [0.25, 0.3) is 0 Å². The molecule has 0 atom stereocenters. The average Bonchev–Trinajstić information content (AvgIpc) is 2.43. The molecule has 0 saturated carbocycles. The van der Waals surface area contributed by atoms with Crippen molar-refractivity contribution in [2.24, 2.45) is 0 Å². The zero-order valence-electron chi connectivity index (χ0n) is 12.4. The highest BCUT2D eigenvalue weighted by atomic mass is 79.9. The fraction of sp³-hybridized carbons (Fsp3) is 0.294. The van der Waals surface area contributed by atoms with Gasteiger partial charge in [0.2, 0.25) is 0 Å². The van der Waals surface area contributed by atoms with Crippen LogP contribution in [0.3, 0.4) is 0 Å². The minimum atomic E-state index is -0.258. The van der Waals surface area contributed by atoms with Gasteiger partial charge >= 0.3 is 0 Å². The lowest BCUT2D eigenvalue weighted by Crippen LogP contribution is -2.22. The molecule has 0 bridgehead atoms. The topological polar surface area (TPSA) is 21.3 Å². The molecule has 2 aromatic carbocycles. The standard InChI is InChI=1S/C17H19BrFNO/c1-11(2)20-10-13-8-14(18)5-7-17(13)21-15-6-4-12(3)16(19)9-15/h4-9,11,20H,10H2,1-3H3. The first-order valence-electron chi connectivity index (χ1n) is 6.91. The second kappa shape index (κ2) is 7.05. The number of halogens is 2. The minimum absolute atomic E-state index is 0.258. The van der Waals surface area contributed by atoms with Crippen LogP contribution >= 0.6 is 15.9 Å². The Morgan fingerprint density at radius 2 is 1.95 bits per heavy atom. The second-order valence-corrected chi connectivity index (χ2v) is 6.22. The summed E-state index contributed by atoms with van der Waals surface area (Å²) in [6, 6.07) is 11.1. The van der Waals surface area contributed by atoms with E-state index in [-0.39, 0.29) is 5.82 Å². The fourth-order valence-corrected chi connectivity index (χ4v) is 2.27. The van der Waals surface area contributed by atoms with Gasteiger partial charge in [0.15, 0.2) is 0 Å². The maximum absolute atomic E-state index is 13.6. The van der Waals surface area contributed by atoms with E-state index in [1.54, 1.807) is 19.1 Å². The lowest BCUT2D eigenvalue weighted by Gasteiger charge is -2.14. The number of nitrogens with one attached hydrogen (secondary N) is 1. The van der Waals surface area contributed by atoms with Crippen molar-refractivity contribution in [2.75, 3.05) is 0 Å². The smallest absolute Gasteiger partial charge is 0.131 e. The zero-order valence-corrected chi connectivity index (χ0v) is 14.0. The molecule has 2 rings (SSSR count). The summed E-state index contributed by atoms with van der Waals surface area (Å²) in [7, 11) is 0. The van der Waals surface area contributed by atoms with Gasteiger partial charge in [-0.2, -0.15) is 0 Å². The zero-order chi connectivity index (χ0) is 15.4. The summed E-state index contributed by atoms with van der Waals surface area (Å²) in [4.78, 5) is 0. The molecule has 0 fully saturated rings. The highest BCUT2D eigenvalue weighted by molar-refractivity contribution is 9.10. The number of aryl methyl sites for hydroxylation is 1. The predicted molar refractivity (Wildman–Crippen MR) is 87.3 cm³/mol. The summed E-state index contributed by atoms with van der Waals surface area (Å²) in [5, 5.41) is 3.36. The highest BCUT2D eigenvalue weighted by Crippen LogP contribution is 2.29. The van der Waals surface area contributed by atoms with Gasteiger partial charge in [-0.25, -0.2) is 4.39 Å². The SMILES string of the molecule is Cc1ccc(Oc2ccc(Br)cc2CNC(C)C)cc1F. The monoisotopic (exact) mass is 351 g/mol. The lowest BCUT2D eigenvalue weighted by molar-refractivity contribution is 0.464. The Hall–Kier alpha value is -1.39. The molecular formula is C17H19BrFNO. The van der Waals surface area contributed by atoms with Crippen molar-refractivity contribution in [3.63, 3.8) is 0 Å². The average molecular weight is 352 g/mol. The summed E-state index contributed by atoms with van der Waals surface area (Å²) in [5.41, 5.74) is 1.64. The van der Waals surface area contributed by atoms with Crippen LogP contribution in [-0.4, -0.2) is 6.04 Å². The van der Waals surface area contributed by atoms with Crippen molar-refractivity contribution in [1.82, 2.24) is 5.32 Å². The van der Waals surface area contributed by atoms with Crippen molar-refractivity contribution < 1.29 is 9.13 Å². The van der Waals surface area contributed by atoms with Crippen LogP contribution in [0.5, 0.6) is 11.5 Å². The van der Waals surface area contributed by atoms with Crippen LogP contribution in [0, 0.1) is 12.7 Å². The first kappa shape index (κ1) is 16.0. The molecule has 112 valence electrons. The second-order valence-electron chi connectivity index (χ2n) is 5.30.